The van der Waals surface area contributed by atoms with Gasteiger partial charge in [0.05, 0.1) is 0 Å². The van der Waals surface area contributed by atoms with Crippen LogP contribution < -0.4 is 5.32 Å². The molecule has 0 saturated heterocycles. The predicted octanol–water partition coefficient (Wildman–Crippen LogP) is 1.87. The summed E-state index contributed by atoms with van der Waals surface area (Å²) in [5.41, 5.74) is 1.17. The van der Waals surface area contributed by atoms with Gasteiger partial charge in [0.1, 0.15) is 11.0 Å². The van der Waals surface area contributed by atoms with Gasteiger partial charge < -0.3 is 10.5 Å². The maximum atomic E-state index is 9.53. The molecule has 2 N–H and O–H groups in total. The number of nitrogens with zero attached hydrogens (tertiary/aromatic N) is 4. The Labute approximate surface area is 94.2 Å². The summed E-state index contributed by atoms with van der Waals surface area (Å²) in [5, 5.41) is 19.0. The lowest BCUT2D eigenvalue weighted by molar-refractivity contribution is 0.162. The zero-order valence-electron chi connectivity index (χ0n) is 8.03. The second kappa shape index (κ2) is 3.46. The van der Waals surface area contributed by atoms with Crippen molar-refractivity contribution in [2.75, 3.05) is 5.32 Å². The van der Waals surface area contributed by atoms with E-state index >= 15 is 0 Å². The Morgan fingerprint density at radius 3 is 3.06 bits per heavy atom. The van der Waals surface area contributed by atoms with Crippen molar-refractivity contribution in [3.63, 3.8) is 0 Å². The van der Waals surface area contributed by atoms with Crippen LogP contribution >= 0.6 is 11.3 Å². The molecule has 0 amide bonds. The highest BCUT2D eigenvalue weighted by Crippen LogP contribution is 2.23. The SMILES string of the molecule is On1nc(Nc2nccs2)c2ncccc21. The summed E-state index contributed by atoms with van der Waals surface area (Å²) in [7, 11) is 0. The van der Waals surface area contributed by atoms with E-state index in [1.807, 2.05) is 5.38 Å². The number of hydrogen-bond donors (Lipinski definition) is 2. The van der Waals surface area contributed by atoms with Gasteiger partial charge in [-0.3, -0.25) is 4.98 Å². The summed E-state index contributed by atoms with van der Waals surface area (Å²) < 4.78 is 0. The highest BCUT2D eigenvalue weighted by atomic mass is 32.1. The minimum Gasteiger partial charge on any atom is -0.411 e. The Balaban J connectivity index is 2.10. The standard InChI is InChI=1S/C9H7N5OS/c15-14-6-2-1-3-10-7(6)8(13-14)12-9-11-4-5-16-9/h1-5,15H,(H,11,12,13). The van der Waals surface area contributed by atoms with E-state index in [0.29, 0.717) is 22.0 Å². The van der Waals surface area contributed by atoms with Gasteiger partial charge in [-0.25, -0.2) is 4.98 Å². The molecule has 0 aliphatic heterocycles. The minimum atomic E-state index is 0.494. The third kappa shape index (κ3) is 1.38. The molecule has 0 fully saturated rings. The zero-order chi connectivity index (χ0) is 11.0. The molecular weight excluding hydrogens is 226 g/mol. The van der Waals surface area contributed by atoms with Crippen LogP contribution in [0.25, 0.3) is 11.0 Å². The summed E-state index contributed by atoms with van der Waals surface area (Å²) in [6.45, 7) is 0. The molecule has 16 heavy (non-hydrogen) atoms. The topological polar surface area (TPSA) is 75.9 Å². The van der Waals surface area contributed by atoms with Crippen LogP contribution in [0, 0.1) is 0 Å². The molecule has 3 rings (SSSR count). The Morgan fingerprint density at radius 2 is 2.25 bits per heavy atom. The van der Waals surface area contributed by atoms with Crippen LogP contribution in [0.15, 0.2) is 29.9 Å². The number of nitrogens with one attached hydrogen (secondary N) is 1. The maximum Gasteiger partial charge on any atom is 0.188 e. The molecule has 0 saturated carbocycles. The lowest BCUT2D eigenvalue weighted by Crippen LogP contribution is -1.94. The number of rotatable bonds is 2. The van der Waals surface area contributed by atoms with Crippen molar-refractivity contribution in [3.8, 4) is 0 Å². The van der Waals surface area contributed by atoms with Crippen molar-refractivity contribution in [1.82, 2.24) is 19.9 Å². The monoisotopic (exact) mass is 233 g/mol. The summed E-state index contributed by atoms with van der Waals surface area (Å²) in [5.74, 6) is 0.494. The van der Waals surface area contributed by atoms with Crippen molar-refractivity contribution in [2.45, 2.75) is 0 Å². The van der Waals surface area contributed by atoms with Gasteiger partial charge in [-0.05, 0) is 12.1 Å². The maximum absolute atomic E-state index is 9.53. The lowest BCUT2D eigenvalue weighted by atomic mass is 10.4. The normalized spacial score (nSPS) is 10.8. The molecule has 0 radical (unpaired) electrons. The first kappa shape index (κ1) is 9.10. The summed E-state index contributed by atoms with van der Waals surface area (Å²) in [6.07, 6.45) is 3.34. The van der Waals surface area contributed by atoms with E-state index in [0.717, 1.165) is 4.85 Å². The number of anilines is 2. The van der Waals surface area contributed by atoms with Crippen molar-refractivity contribution in [1.29, 1.82) is 0 Å². The van der Waals surface area contributed by atoms with E-state index in [-0.39, 0.29) is 0 Å². The van der Waals surface area contributed by atoms with E-state index < -0.39 is 0 Å². The Kier molecular flexibility index (Phi) is 1.97. The molecule has 7 heteroatoms. The van der Waals surface area contributed by atoms with Gasteiger partial charge in [-0.2, -0.15) is 0 Å². The fourth-order valence-electron chi connectivity index (χ4n) is 1.41. The lowest BCUT2D eigenvalue weighted by Gasteiger charge is -1.95. The molecule has 0 aromatic carbocycles. The van der Waals surface area contributed by atoms with Crippen molar-refractivity contribution < 1.29 is 5.21 Å². The molecule has 3 aromatic rings. The van der Waals surface area contributed by atoms with Crippen LogP contribution in [0.3, 0.4) is 0 Å². The average Bonchev–Trinajstić information content (AvgIpc) is 2.90. The van der Waals surface area contributed by atoms with E-state index in [9.17, 15) is 5.21 Å². The van der Waals surface area contributed by atoms with Crippen LogP contribution in [0.1, 0.15) is 0 Å². The van der Waals surface area contributed by atoms with Crippen LogP contribution in [0.4, 0.5) is 10.9 Å². The Morgan fingerprint density at radius 1 is 1.31 bits per heavy atom. The van der Waals surface area contributed by atoms with Gasteiger partial charge in [-0.1, -0.05) is 4.85 Å². The van der Waals surface area contributed by atoms with Gasteiger partial charge >= 0.3 is 0 Å². The fraction of sp³-hybridized carbons (Fsp3) is 0. The largest absolute Gasteiger partial charge is 0.411 e. The van der Waals surface area contributed by atoms with Gasteiger partial charge in [-0.15, -0.1) is 16.4 Å². The second-order valence-corrected chi connectivity index (χ2v) is 3.97. The second-order valence-electron chi connectivity index (χ2n) is 3.07. The minimum absolute atomic E-state index is 0.494. The molecule has 0 atom stereocenters. The number of thiazole rings is 1. The highest BCUT2D eigenvalue weighted by molar-refractivity contribution is 7.13. The van der Waals surface area contributed by atoms with Gasteiger partial charge in [0, 0.05) is 17.8 Å². The van der Waals surface area contributed by atoms with Gasteiger partial charge in [0.15, 0.2) is 10.9 Å². The fourth-order valence-corrected chi connectivity index (χ4v) is 1.94. The van der Waals surface area contributed by atoms with Crippen LogP contribution in [0.2, 0.25) is 0 Å². The third-order valence-electron chi connectivity index (χ3n) is 2.08. The molecular formula is C9H7N5OS. The van der Waals surface area contributed by atoms with E-state index in [1.54, 1.807) is 24.5 Å². The summed E-state index contributed by atoms with van der Waals surface area (Å²) >= 11 is 1.45. The van der Waals surface area contributed by atoms with Crippen molar-refractivity contribution >= 4 is 33.3 Å². The smallest absolute Gasteiger partial charge is 0.188 e. The quantitative estimate of drug-likeness (QED) is 0.661. The molecule has 0 unspecified atom stereocenters. The van der Waals surface area contributed by atoms with Gasteiger partial charge in [0.2, 0.25) is 0 Å². The van der Waals surface area contributed by atoms with E-state index in [1.165, 1.54) is 11.3 Å². The molecule has 0 spiro atoms. The molecule has 6 nitrogen and oxygen atoms in total. The molecule has 3 heterocycles. The number of fused-ring (bicyclic) bond motifs is 1. The van der Waals surface area contributed by atoms with E-state index in [4.69, 9.17) is 0 Å². The first-order chi connectivity index (χ1) is 7.84. The number of aromatic nitrogens is 4. The van der Waals surface area contributed by atoms with E-state index in [2.05, 4.69) is 20.4 Å². The van der Waals surface area contributed by atoms with Crippen LogP contribution in [0.5, 0.6) is 0 Å². The van der Waals surface area contributed by atoms with Crippen LogP contribution in [-0.2, 0) is 0 Å². The molecule has 0 aliphatic carbocycles. The summed E-state index contributed by atoms with van der Waals surface area (Å²) in [4.78, 5) is 9.03. The molecule has 0 bridgehead atoms. The number of hydrogen-bond acceptors (Lipinski definition) is 6. The first-order valence-corrected chi connectivity index (χ1v) is 5.42. The Bertz CT molecular complexity index is 618. The molecule has 80 valence electrons. The predicted molar refractivity (Wildman–Crippen MR) is 60.1 cm³/mol. The first-order valence-electron chi connectivity index (χ1n) is 4.54. The summed E-state index contributed by atoms with van der Waals surface area (Å²) in [6, 6.07) is 3.48. The highest BCUT2D eigenvalue weighted by Gasteiger charge is 2.11. The Hall–Kier alpha value is -2.15. The number of pyridine rings is 1. The van der Waals surface area contributed by atoms with Gasteiger partial charge in [0.25, 0.3) is 0 Å². The van der Waals surface area contributed by atoms with Crippen LogP contribution in [-0.4, -0.2) is 25.1 Å². The third-order valence-corrected chi connectivity index (χ3v) is 2.77. The zero-order valence-corrected chi connectivity index (χ0v) is 8.85. The van der Waals surface area contributed by atoms with Crippen molar-refractivity contribution in [3.05, 3.63) is 29.9 Å². The average molecular weight is 233 g/mol. The molecule has 3 aromatic heterocycles. The molecule has 0 aliphatic rings. The van der Waals surface area contributed by atoms with Crippen molar-refractivity contribution in [2.24, 2.45) is 0 Å².